The Labute approximate surface area is 220 Å². The van der Waals surface area contributed by atoms with Gasteiger partial charge >= 0.3 is 0 Å². The van der Waals surface area contributed by atoms with Crippen molar-refractivity contribution in [1.29, 1.82) is 0 Å². The minimum absolute atomic E-state index is 0.114. The highest BCUT2D eigenvalue weighted by atomic mass is 19.3. The van der Waals surface area contributed by atoms with Crippen molar-refractivity contribution in [3.63, 3.8) is 0 Å². The van der Waals surface area contributed by atoms with Gasteiger partial charge in [-0.15, -0.1) is 0 Å². The molecule has 1 aliphatic rings. The maximum absolute atomic E-state index is 13.9. The summed E-state index contributed by atoms with van der Waals surface area (Å²) in [6, 6.07) is 12.4. The standard InChI is InChI=1S/C29H22F3N7/c30-21-3-1-2-18(7-21)24-13-34-14-26-22(24)9-25(36-26)27-23-8-20(12-35-28(23)38-37-27)19-6-17(10-33-11-19)15-39-5-4-29(31,32)16-39/h1-3,6-14,36H,4-5,15-16H2,(H,35,37,38). The van der Waals surface area contributed by atoms with Gasteiger partial charge in [-0.3, -0.25) is 20.0 Å². The fourth-order valence-corrected chi connectivity index (χ4v) is 5.27. The Morgan fingerprint density at radius 1 is 0.897 bits per heavy atom. The summed E-state index contributed by atoms with van der Waals surface area (Å²) in [6.07, 6.45) is 8.53. The van der Waals surface area contributed by atoms with E-state index in [-0.39, 0.29) is 18.8 Å². The van der Waals surface area contributed by atoms with Gasteiger partial charge in [0, 0.05) is 71.8 Å². The minimum Gasteiger partial charge on any atom is -0.352 e. The number of aromatic amines is 2. The van der Waals surface area contributed by atoms with Crippen molar-refractivity contribution < 1.29 is 13.2 Å². The molecule has 0 bridgehead atoms. The van der Waals surface area contributed by atoms with Gasteiger partial charge < -0.3 is 4.98 Å². The number of fused-ring (bicyclic) bond motifs is 2. The van der Waals surface area contributed by atoms with Gasteiger partial charge in [0.25, 0.3) is 5.92 Å². The zero-order valence-corrected chi connectivity index (χ0v) is 20.6. The molecule has 1 aliphatic heterocycles. The van der Waals surface area contributed by atoms with Crippen molar-refractivity contribution in [2.75, 3.05) is 13.1 Å². The Kier molecular flexibility index (Phi) is 5.44. The lowest BCUT2D eigenvalue weighted by molar-refractivity contribution is 0.0115. The van der Waals surface area contributed by atoms with E-state index in [0.717, 1.165) is 55.5 Å². The zero-order valence-electron chi connectivity index (χ0n) is 20.6. The van der Waals surface area contributed by atoms with Crippen LogP contribution in [0, 0.1) is 5.82 Å². The van der Waals surface area contributed by atoms with E-state index < -0.39 is 5.92 Å². The van der Waals surface area contributed by atoms with Crippen molar-refractivity contribution in [2.45, 2.75) is 18.9 Å². The molecule has 1 saturated heterocycles. The largest absolute Gasteiger partial charge is 0.352 e. The Morgan fingerprint density at radius 3 is 2.62 bits per heavy atom. The SMILES string of the molecule is Fc1cccc(-c2cncc3[nH]c(-c4[nH]nc5ncc(-c6cncc(CN7CCC(F)(F)C7)c6)cc45)cc23)c1. The number of pyridine rings is 3. The maximum Gasteiger partial charge on any atom is 0.261 e. The number of alkyl halides is 2. The van der Waals surface area contributed by atoms with E-state index in [1.807, 2.05) is 24.3 Å². The second-order valence-electron chi connectivity index (χ2n) is 9.93. The predicted octanol–water partition coefficient (Wildman–Crippen LogP) is 6.21. The number of benzene rings is 1. The third-order valence-corrected chi connectivity index (χ3v) is 7.14. The molecule has 39 heavy (non-hydrogen) atoms. The van der Waals surface area contributed by atoms with E-state index in [0.29, 0.717) is 18.7 Å². The molecule has 1 aromatic carbocycles. The van der Waals surface area contributed by atoms with Crippen LogP contribution < -0.4 is 0 Å². The number of nitrogens with one attached hydrogen (secondary N) is 2. The average Bonchev–Trinajstić information content (AvgIpc) is 3.64. The lowest BCUT2D eigenvalue weighted by Gasteiger charge is -2.15. The summed E-state index contributed by atoms with van der Waals surface area (Å²) in [5.41, 5.74) is 7.01. The molecule has 6 heterocycles. The average molecular weight is 526 g/mol. The molecule has 0 radical (unpaired) electrons. The summed E-state index contributed by atoms with van der Waals surface area (Å²) < 4.78 is 41.2. The fourth-order valence-electron chi connectivity index (χ4n) is 5.27. The van der Waals surface area contributed by atoms with E-state index in [1.165, 1.54) is 12.1 Å². The van der Waals surface area contributed by atoms with Gasteiger partial charge in [0.2, 0.25) is 0 Å². The quantitative estimate of drug-likeness (QED) is 0.280. The summed E-state index contributed by atoms with van der Waals surface area (Å²) in [7, 11) is 0. The number of H-pyrrole nitrogens is 2. The minimum atomic E-state index is -2.63. The molecule has 0 saturated carbocycles. The van der Waals surface area contributed by atoms with Crippen LogP contribution in [0.15, 0.2) is 73.4 Å². The van der Waals surface area contributed by atoms with Crippen LogP contribution in [0.5, 0.6) is 0 Å². The molecule has 7 nitrogen and oxygen atoms in total. The Balaban J connectivity index is 1.25. The van der Waals surface area contributed by atoms with Crippen LogP contribution in [0.2, 0.25) is 0 Å². The van der Waals surface area contributed by atoms with Gasteiger partial charge in [0.1, 0.15) is 5.82 Å². The zero-order chi connectivity index (χ0) is 26.6. The number of rotatable bonds is 5. The number of hydrogen-bond acceptors (Lipinski definition) is 5. The van der Waals surface area contributed by atoms with Gasteiger partial charge in [-0.2, -0.15) is 5.10 Å². The van der Waals surface area contributed by atoms with Gasteiger partial charge in [0.15, 0.2) is 5.65 Å². The molecule has 7 rings (SSSR count). The Morgan fingerprint density at radius 2 is 1.77 bits per heavy atom. The van der Waals surface area contributed by atoms with E-state index >= 15 is 0 Å². The summed E-state index contributed by atoms with van der Waals surface area (Å²) in [6.45, 7) is 0.550. The van der Waals surface area contributed by atoms with Crippen molar-refractivity contribution in [3.8, 4) is 33.6 Å². The Bertz CT molecular complexity index is 1840. The van der Waals surface area contributed by atoms with Gasteiger partial charge in [0.05, 0.1) is 29.6 Å². The smallest absolute Gasteiger partial charge is 0.261 e. The lowest BCUT2D eigenvalue weighted by atomic mass is 10.0. The number of halogens is 3. The van der Waals surface area contributed by atoms with E-state index in [2.05, 4.69) is 30.1 Å². The van der Waals surface area contributed by atoms with E-state index in [9.17, 15) is 13.2 Å². The molecule has 6 aromatic rings. The van der Waals surface area contributed by atoms with Crippen LogP contribution in [0.4, 0.5) is 13.2 Å². The number of aromatic nitrogens is 6. The number of nitrogens with zero attached hydrogens (tertiary/aromatic N) is 5. The highest BCUT2D eigenvalue weighted by Crippen LogP contribution is 2.35. The van der Waals surface area contributed by atoms with Gasteiger partial charge in [-0.25, -0.2) is 18.2 Å². The number of hydrogen-bond donors (Lipinski definition) is 2. The first-order chi connectivity index (χ1) is 18.9. The van der Waals surface area contributed by atoms with Crippen LogP contribution >= 0.6 is 0 Å². The Hall–Kier alpha value is -4.57. The lowest BCUT2D eigenvalue weighted by Crippen LogP contribution is -2.24. The van der Waals surface area contributed by atoms with E-state index in [4.69, 9.17) is 0 Å². The predicted molar refractivity (Wildman–Crippen MR) is 142 cm³/mol. The van der Waals surface area contributed by atoms with E-state index in [1.54, 1.807) is 42.0 Å². The highest BCUT2D eigenvalue weighted by Gasteiger charge is 2.37. The molecule has 1 fully saturated rings. The van der Waals surface area contributed by atoms with Crippen LogP contribution in [0.1, 0.15) is 12.0 Å². The first-order valence-corrected chi connectivity index (χ1v) is 12.5. The highest BCUT2D eigenvalue weighted by molar-refractivity contribution is 6.00. The molecular formula is C29H22F3N7. The molecule has 194 valence electrons. The van der Waals surface area contributed by atoms with Crippen LogP contribution in [0.25, 0.3) is 55.6 Å². The van der Waals surface area contributed by atoms with Gasteiger partial charge in [-0.05, 0) is 41.5 Å². The molecule has 0 amide bonds. The summed E-state index contributed by atoms with van der Waals surface area (Å²) in [5, 5.41) is 9.18. The topological polar surface area (TPSA) is 86.4 Å². The molecular weight excluding hydrogens is 503 g/mol. The summed E-state index contributed by atoms with van der Waals surface area (Å²) >= 11 is 0. The van der Waals surface area contributed by atoms with Crippen molar-refractivity contribution >= 4 is 21.9 Å². The molecule has 2 N–H and O–H groups in total. The molecule has 0 atom stereocenters. The van der Waals surface area contributed by atoms with Crippen molar-refractivity contribution in [2.24, 2.45) is 0 Å². The fraction of sp³-hybridized carbons (Fsp3) is 0.172. The molecule has 0 unspecified atom stereocenters. The molecule has 5 aromatic heterocycles. The number of likely N-dealkylation sites (tertiary alicyclic amines) is 1. The van der Waals surface area contributed by atoms with Crippen molar-refractivity contribution in [1.82, 2.24) is 35.0 Å². The third-order valence-electron chi connectivity index (χ3n) is 7.14. The second-order valence-corrected chi connectivity index (χ2v) is 9.93. The molecule has 0 spiro atoms. The molecule has 10 heteroatoms. The second kappa shape index (κ2) is 9.02. The maximum atomic E-state index is 13.9. The van der Waals surface area contributed by atoms with Crippen molar-refractivity contribution in [3.05, 3.63) is 84.8 Å². The van der Waals surface area contributed by atoms with Crippen LogP contribution in [0.3, 0.4) is 0 Å². The summed E-state index contributed by atoms with van der Waals surface area (Å²) in [5.74, 6) is -2.94. The monoisotopic (exact) mass is 525 g/mol. The summed E-state index contributed by atoms with van der Waals surface area (Å²) in [4.78, 5) is 18.4. The van der Waals surface area contributed by atoms with Crippen LogP contribution in [-0.4, -0.2) is 54.0 Å². The third kappa shape index (κ3) is 4.42. The van der Waals surface area contributed by atoms with Crippen LogP contribution in [-0.2, 0) is 6.54 Å². The first-order valence-electron chi connectivity index (χ1n) is 12.5. The molecule has 0 aliphatic carbocycles. The first kappa shape index (κ1) is 23.5. The normalized spacial score (nSPS) is 15.5. The van der Waals surface area contributed by atoms with Gasteiger partial charge in [-0.1, -0.05) is 12.1 Å².